The summed E-state index contributed by atoms with van der Waals surface area (Å²) in [7, 11) is 3.86. The molecule has 0 aliphatic carbocycles. The minimum Gasteiger partial charge on any atom is -0.489 e. The third-order valence-electron chi connectivity index (χ3n) is 3.22. The van der Waals surface area contributed by atoms with Crippen LogP contribution in [0, 0.1) is 5.82 Å². The van der Waals surface area contributed by atoms with Crippen molar-refractivity contribution in [3.05, 3.63) is 28.0 Å². The highest BCUT2D eigenvalue weighted by Crippen LogP contribution is 2.29. The fraction of sp³-hybridized carbons (Fsp3) is 0.462. The second-order valence-electron chi connectivity index (χ2n) is 5.22. The van der Waals surface area contributed by atoms with Crippen LogP contribution in [0.4, 0.5) is 4.39 Å². The molecule has 0 aliphatic heterocycles. The topological polar surface area (TPSA) is 71.1 Å². The van der Waals surface area contributed by atoms with Gasteiger partial charge in [-0.3, -0.25) is 0 Å². The Morgan fingerprint density at radius 3 is 2.60 bits per heavy atom. The van der Waals surface area contributed by atoms with Gasteiger partial charge in [-0.25, -0.2) is 4.39 Å². The Hall–Kier alpha value is -1.34. The lowest BCUT2D eigenvalue weighted by Crippen LogP contribution is -2.43. The zero-order valence-electron chi connectivity index (χ0n) is 11.9. The molecule has 1 aromatic rings. The van der Waals surface area contributed by atoms with Crippen molar-refractivity contribution in [2.24, 2.45) is 10.9 Å². The van der Waals surface area contributed by atoms with Crippen LogP contribution in [0.2, 0.25) is 0 Å². The van der Waals surface area contributed by atoms with Gasteiger partial charge in [0.05, 0.1) is 4.47 Å². The Balaban J connectivity index is 2.97. The van der Waals surface area contributed by atoms with Gasteiger partial charge in [-0.2, -0.15) is 0 Å². The van der Waals surface area contributed by atoms with E-state index in [0.717, 1.165) is 0 Å². The van der Waals surface area contributed by atoms with Gasteiger partial charge in [0.25, 0.3) is 0 Å². The largest absolute Gasteiger partial charge is 0.489 e. The van der Waals surface area contributed by atoms with E-state index in [1.165, 1.54) is 12.1 Å². The monoisotopic (exact) mass is 347 g/mol. The predicted molar refractivity (Wildman–Crippen MR) is 79.9 cm³/mol. The summed E-state index contributed by atoms with van der Waals surface area (Å²) in [5.41, 5.74) is 5.49. The Morgan fingerprint density at radius 1 is 1.50 bits per heavy atom. The van der Waals surface area contributed by atoms with Crippen molar-refractivity contribution in [1.29, 1.82) is 0 Å². The Bertz CT molecular complexity index is 519. The smallest absolute Gasteiger partial charge is 0.179 e. The first kappa shape index (κ1) is 16.7. The predicted octanol–water partition coefficient (Wildman–Crippen LogP) is 2.40. The highest BCUT2D eigenvalue weighted by Gasteiger charge is 2.23. The minimum absolute atomic E-state index is 0.105. The molecule has 20 heavy (non-hydrogen) atoms. The van der Waals surface area contributed by atoms with Gasteiger partial charge >= 0.3 is 0 Å². The van der Waals surface area contributed by atoms with Gasteiger partial charge in [-0.05, 0) is 56.0 Å². The molecule has 0 saturated heterocycles. The summed E-state index contributed by atoms with van der Waals surface area (Å²) in [6.07, 6.45) is 0. The van der Waals surface area contributed by atoms with Crippen LogP contribution in [0.25, 0.3) is 0 Å². The van der Waals surface area contributed by atoms with Gasteiger partial charge < -0.3 is 20.6 Å². The number of rotatable bonds is 5. The summed E-state index contributed by atoms with van der Waals surface area (Å²) in [6.45, 7) is 4.31. The first-order chi connectivity index (χ1) is 9.20. The molecule has 1 aromatic carbocycles. The maximum absolute atomic E-state index is 14.2. The molecule has 0 atom stereocenters. The maximum atomic E-state index is 14.2. The second-order valence-corrected chi connectivity index (χ2v) is 6.01. The number of likely N-dealkylation sites (N-methyl/N-ethyl adjacent to an activating group) is 1. The van der Waals surface area contributed by atoms with Crippen LogP contribution < -0.4 is 10.5 Å². The van der Waals surface area contributed by atoms with Gasteiger partial charge in [0.2, 0.25) is 0 Å². The number of nitrogens with zero attached hydrogens (tertiary/aromatic N) is 2. The van der Waals surface area contributed by atoms with Crippen molar-refractivity contribution in [3.8, 4) is 5.75 Å². The highest BCUT2D eigenvalue weighted by atomic mass is 79.9. The standard InChI is InChI=1S/C13H19BrFN3O2/c1-13(2,18(3)4)7-20-9-6-5-8(12(16)17-19)10(14)11(9)15/h5-6,19H,7H2,1-4H3,(H2,16,17). The lowest BCUT2D eigenvalue weighted by molar-refractivity contribution is 0.111. The molecular weight excluding hydrogens is 329 g/mol. The van der Waals surface area contributed by atoms with Crippen molar-refractivity contribution < 1.29 is 14.3 Å². The van der Waals surface area contributed by atoms with E-state index < -0.39 is 5.82 Å². The van der Waals surface area contributed by atoms with E-state index in [9.17, 15) is 4.39 Å². The van der Waals surface area contributed by atoms with Gasteiger partial charge in [0.1, 0.15) is 6.61 Å². The van der Waals surface area contributed by atoms with Crippen LogP contribution in [-0.2, 0) is 0 Å². The summed E-state index contributed by atoms with van der Waals surface area (Å²) >= 11 is 3.08. The molecule has 0 spiro atoms. The third kappa shape index (κ3) is 3.61. The van der Waals surface area contributed by atoms with Gasteiger partial charge in [-0.1, -0.05) is 5.16 Å². The molecule has 1 rings (SSSR count). The third-order valence-corrected chi connectivity index (χ3v) is 4.00. The molecule has 0 aromatic heterocycles. The molecule has 7 heteroatoms. The van der Waals surface area contributed by atoms with E-state index in [-0.39, 0.29) is 27.2 Å². The lowest BCUT2D eigenvalue weighted by Gasteiger charge is -2.32. The van der Waals surface area contributed by atoms with Crippen molar-refractivity contribution >= 4 is 21.8 Å². The zero-order valence-corrected chi connectivity index (χ0v) is 13.5. The van der Waals surface area contributed by atoms with Crippen LogP contribution in [0.1, 0.15) is 19.4 Å². The minimum atomic E-state index is -0.580. The zero-order chi connectivity index (χ0) is 15.5. The van der Waals surface area contributed by atoms with Crippen LogP contribution in [0.5, 0.6) is 5.75 Å². The van der Waals surface area contributed by atoms with Crippen molar-refractivity contribution in [2.45, 2.75) is 19.4 Å². The summed E-state index contributed by atoms with van der Waals surface area (Å²) in [5.74, 6) is -0.638. The molecule has 0 saturated carbocycles. The van der Waals surface area contributed by atoms with E-state index in [1.54, 1.807) is 0 Å². The van der Waals surface area contributed by atoms with E-state index in [0.29, 0.717) is 6.61 Å². The van der Waals surface area contributed by atoms with Gasteiger partial charge in [0, 0.05) is 11.1 Å². The number of ether oxygens (including phenoxy) is 1. The SMILES string of the molecule is CN(C)C(C)(C)COc1ccc(/C(N)=N/O)c(Br)c1F. The molecule has 0 aliphatic rings. The summed E-state index contributed by atoms with van der Waals surface area (Å²) in [5, 5.41) is 11.5. The molecular formula is C13H19BrFN3O2. The number of hydrogen-bond donors (Lipinski definition) is 2. The van der Waals surface area contributed by atoms with Crippen LogP contribution >= 0.6 is 15.9 Å². The second kappa shape index (κ2) is 6.41. The fourth-order valence-electron chi connectivity index (χ4n) is 1.28. The van der Waals surface area contributed by atoms with E-state index in [1.807, 2.05) is 32.8 Å². The Morgan fingerprint density at radius 2 is 2.10 bits per heavy atom. The molecule has 0 radical (unpaired) electrons. The normalized spacial score (nSPS) is 12.8. The molecule has 0 amide bonds. The van der Waals surface area contributed by atoms with Crippen molar-refractivity contribution in [3.63, 3.8) is 0 Å². The molecule has 0 unspecified atom stereocenters. The molecule has 0 heterocycles. The van der Waals surface area contributed by atoms with E-state index in [4.69, 9.17) is 15.7 Å². The van der Waals surface area contributed by atoms with E-state index in [2.05, 4.69) is 21.1 Å². The quantitative estimate of drug-likeness (QED) is 0.371. The molecule has 112 valence electrons. The lowest BCUT2D eigenvalue weighted by atomic mass is 10.1. The van der Waals surface area contributed by atoms with Gasteiger partial charge in [0.15, 0.2) is 17.4 Å². The highest BCUT2D eigenvalue weighted by molar-refractivity contribution is 9.10. The average molecular weight is 348 g/mol. The molecule has 0 fully saturated rings. The average Bonchev–Trinajstić information content (AvgIpc) is 2.39. The number of halogens is 2. The Kier molecular flexibility index (Phi) is 5.35. The van der Waals surface area contributed by atoms with Gasteiger partial charge in [-0.15, -0.1) is 0 Å². The Labute approximate surface area is 126 Å². The number of hydrogen-bond acceptors (Lipinski definition) is 4. The first-order valence-corrected chi connectivity index (χ1v) is 6.76. The summed E-state index contributed by atoms with van der Waals surface area (Å²) in [6, 6.07) is 2.99. The first-order valence-electron chi connectivity index (χ1n) is 5.97. The number of nitrogens with two attached hydrogens (primary N) is 1. The molecule has 5 nitrogen and oxygen atoms in total. The van der Waals surface area contributed by atoms with Crippen molar-refractivity contribution in [1.82, 2.24) is 4.90 Å². The summed E-state index contributed by atoms with van der Waals surface area (Å²) < 4.78 is 19.8. The van der Waals surface area contributed by atoms with Crippen LogP contribution in [0.3, 0.4) is 0 Å². The summed E-state index contributed by atoms with van der Waals surface area (Å²) in [4.78, 5) is 1.99. The number of amidine groups is 1. The number of benzene rings is 1. The molecule has 0 bridgehead atoms. The fourth-order valence-corrected chi connectivity index (χ4v) is 1.81. The maximum Gasteiger partial charge on any atom is 0.179 e. The van der Waals surface area contributed by atoms with Crippen LogP contribution in [-0.4, -0.2) is 42.2 Å². The molecule has 3 N–H and O–H groups in total. The van der Waals surface area contributed by atoms with E-state index >= 15 is 0 Å². The number of oxime groups is 1. The van der Waals surface area contributed by atoms with Crippen molar-refractivity contribution in [2.75, 3.05) is 20.7 Å². The van der Waals surface area contributed by atoms with Crippen LogP contribution in [0.15, 0.2) is 21.8 Å².